The number of benzene rings is 1. The van der Waals surface area contributed by atoms with E-state index in [0.29, 0.717) is 5.92 Å². The first-order chi connectivity index (χ1) is 14.7. The molecule has 7 nitrogen and oxygen atoms in total. The summed E-state index contributed by atoms with van der Waals surface area (Å²) in [6.07, 6.45) is 5.62. The summed E-state index contributed by atoms with van der Waals surface area (Å²) in [7, 11) is 0. The van der Waals surface area contributed by atoms with Crippen LogP contribution in [0, 0.1) is 17.2 Å². The third kappa shape index (κ3) is 4.49. The van der Waals surface area contributed by atoms with Gasteiger partial charge in [-0.25, -0.2) is 0 Å². The van der Waals surface area contributed by atoms with Crippen LogP contribution in [0.3, 0.4) is 0 Å². The van der Waals surface area contributed by atoms with Crippen LogP contribution in [0.1, 0.15) is 47.9 Å². The first-order valence-electron chi connectivity index (χ1n) is 10.9. The molecule has 2 aliphatic rings. The number of nitriles is 1. The molecular formula is C23H29N5O2. The van der Waals surface area contributed by atoms with Gasteiger partial charge in [0.2, 0.25) is 5.76 Å². The average Bonchev–Trinajstić information content (AvgIpc) is 3.30. The van der Waals surface area contributed by atoms with Gasteiger partial charge in [0, 0.05) is 38.3 Å². The molecule has 1 aliphatic heterocycles. The SMILES string of the molecule is CCc1cccc(N2CCN(CC[C@H]3C[C@@H](NC(=O)c4ccno4)C3)CC2)c1C#N. The fraction of sp³-hybridized carbons (Fsp3) is 0.522. The summed E-state index contributed by atoms with van der Waals surface area (Å²) in [6.45, 7) is 7.17. The number of nitrogens with one attached hydrogen (secondary N) is 1. The van der Waals surface area contributed by atoms with E-state index >= 15 is 0 Å². The predicted molar refractivity (Wildman–Crippen MR) is 114 cm³/mol. The maximum atomic E-state index is 12.0. The largest absolute Gasteiger partial charge is 0.368 e. The van der Waals surface area contributed by atoms with Gasteiger partial charge >= 0.3 is 0 Å². The molecule has 30 heavy (non-hydrogen) atoms. The van der Waals surface area contributed by atoms with E-state index in [-0.39, 0.29) is 17.7 Å². The molecule has 1 amide bonds. The molecule has 1 saturated heterocycles. The summed E-state index contributed by atoms with van der Waals surface area (Å²) in [5.74, 6) is 0.783. The van der Waals surface area contributed by atoms with Crippen LogP contribution in [-0.4, -0.2) is 54.7 Å². The quantitative estimate of drug-likeness (QED) is 0.760. The van der Waals surface area contributed by atoms with Crippen molar-refractivity contribution >= 4 is 11.6 Å². The van der Waals surface area contributed by atoms with Gasteiger partial charge in [-0.3, -0.25) is 9.69 Å². The van der Waals surface area contributed by atoms with Crippen LogP contribution in [-0.2, 0) is 6.42 Å². The molecule has 7 heteroatoms. The van der Waals surface area contributed by atoms with Crippen molar-refractivity contribution in [1.29, 1.82) is 5.26 Å². The number of amides is 1. The lowest BCUT2D eigenvalue weighted by Gasteiger charge is -2.39. The Hall–Kier alpha value is -2.85. The minimum atomic E-state index is -0.170. The molecule has 0 spiro atoms. The van der Waals surface area contributed by atoms with E-state index in [4.69, 9.17) is 4.52 Å². The number of hydrogen-bond acceptors (Lipinski definition) is 6. The van der Waals surface area contributed by atoms with Gasteiger partial charge in [0.1, 0.15) is 6.07 Å². The van der Waals surface area contributed by atoms with Gasteiger partial charge < -0.3 is 14.7 Å². The van der Waals surface area contributed by atoms with Crippen LogP contribution in [0.25, 0.3) is 0 Å². The zero-order valence-electron chi connectivity index (χ0n) is 17.5. The van der Waals surface area contributed by atoms with Crippen molar-refractivity contribution < 1.29 is 9.32 Å². The zero-order chi connectivity index (χ0) is 20.9. The number of carbonyl (C=O) groups is 1. The lowest BCUT2D eigenvalue weighted by atomic mass is 9.78. The number of hydrogen-bond donors (Lipinski definition) is 1. The summed E-state index contributed by atoms with van der Waals surface area (Å²) < 4.78 is 4.90. The summed E-state index contributed by atoms with van der Waals surface area (Å²) in [5.41, 5.74) is 3.05. The highest BCUT2D eigenvalue weighted by Gasteiger charge is 2.31. The van der Waals surface area contributed by atoms with Gasteiger partial charge in [-0.05, 0) is 49.8 Å². The Morgan fingerprint density at radius 3 is 2.73 bits per heavy atom. The van der Waals surface area contributed by atoms with E-state index in [1.54, 1.807) is 6.07 Å². The molecule has 1 aromatic heterocycles. The van der Waals surface area contributed by atoms with Crippen molar-refractivity contribution in [2.75, 3.05) is 37.6 Å². The van der Waals surface area contributed by atoms with Gasteiger partial charge in [-0.15, -0.1) is 0 Å². The van der Waals surface area contributed by atoms with Crippen molar-refractivity contribution in [3.8, 4) is 6.07 Å². The minimum absolute atomic E-state index is 0.170. The van der Waals surface area contributed by atoms with Crippen LogP contribution in [0.4, 0.5) is 5.69 Å². The molecule has 2 fully saturated rings. The van der Waals surface area contributed by atoms with Crippen molar-refractivity contribution in [3.05, 3.63) is 47.3 Å². The second kappa shape index (κ2) is 9.31. The monoisotopic (exact) mass is 407 g/mol. The molecular weight excluding hydrogens is 378 g/mol. The third-order valence-electron chi connectivity index (χ3n) is 6.42. The summed E-state index contributed by atoms with van der Waals surface area (Å²) in [4.78, 5) is 16.9. The molecule has 2 heterocycles. The number of anilines is 1. The summed E-state index contributed by atoms with van der Waals surface area (Å²) >= 11 is 0. The molecule has 1 saturated carbocycles. The average molecular weight is 408 g/mol. The molecule has 1 aromatic carbocycles. The van der Waals surface area contributed by atoms with E-state index in [0.717, 1.165) is 68.8 Å². The smallest absolute Gasteiger partial charge is 0.290 e. The van der Waals surface area contributed by atoms with Crippen LogP contribution < -0.4 is 10.2 Å². The Morgan fingerprint density at radius 2 is 2.07 bits per heavy atom. The first-order valence-corrected chi connectivity index (χ1v) is 10.9. The summed E-state index contributed by atoms with van der Waals surface area (Å²) in [6, 6.07) is 10.4. The second-order valence-electron chi connectivity index (χ2n) is 8.28. The molecule has 0 bridgehead atoms. The highest BCUT2D eigenvalue weighted by atomic mass is 16.5. The molecule has 2 aromatic rings. The van der Waals surface area contributed by atoms with Crippen molar-refractivity contribution in [2.45, 2.75) is 38.6 Å². The molecule has 0 radical (unpaired) electrons. The number of nitrogens with zero attached hydrogens (tertiary/aromatic N) is 4. The van der Waals surface area contributed by atoms with Crippen molar-refractivity contribution in [1.82, 2.24) is 15.4 Å². The van der Waals surface area contributed by atoms with Gasteiger partial charge in [-0.2, -0.15) is 5.26 Å². The minimum Gasteiger partial charge on any atom is -0.368 e. The molecule has 1 N–H and O–H groups in total. The third-order valence-corrected chi connectivity index (χ3v) is 6.42. The normalized spacial score (nSPS) is 21.7. The predicted octanol–water partition coefficient (Wildman–Crippen LogP) is 2.83. The number of aryl methyl sites for hydroxylation is 1. The lowest BCUT2D eigenvalue weighted by molar-refractivity contribution is 0.0840. The van der Waals surface area contributed by atoms with Crippen LogP contribution in [0.15, 0.2) is 35.0 Å². The molecule has 158 valence electrons. The van der Waals surface area contributed by atoms with Gasteiger partial charge in [-0.1, -0.05) is 24.2 Å². The van der Waals surface area contributed by atoms with Crippen molar-refractivity contribution in [3.63, 3.8) is 0 Å². The fourth-order valence-electron chi connectivity index (χ4n) is 4.53. The van der Waals surface area contributed by atoms with Crippen LogP contribution >= 0.6 is 0 Å². The highest BCUT2D eigenvalue weighted by Crippen LogP contribution is 2.31. The topological polar surface area (TPSA) is 85.4 Å². The Kier molecular flexibility index (Phi) is 6.34. The number of aromatic nitrogens is 1. The highest BCUT2D eigenvalue weighted by molar-refractivity contribution is 5.91. The summed E-state index contributed by atoms with van der Waals surface area (Å²) in [5, 5.41) is 16.2. The van der Waals surface area contributed by atoms with Gasteiger partial charge in [0.05, 0.1) is 17.4 Å². The number of carbonyl (C=O) groups excluding carboxylic acids is 1. The Labute approximate surface area is 177 Å². The Morgan fingerprint density at radius 1 is 1.27 bits per heavy atom. The first kappa shape index (κ1) is 20.4. The van der Waals surface area contributed by atoms with E-state index < -0.39 is 0 Å². The lowest BCUT2D eigenvalue weighted by Crippen LogP contribution is -2.48. The second-order valence-corrected chi connectivity index (χ2v) is 8.28. The van der Waals surface area contributed by atoms with E-state index in [1.807, 2.05) is 0 Å². The molecule has 0 unspecified atom stereocenters. The van der Waals surface area contributed by atoms with Gasteiger partial charge in [0.15, 0.2) is 0 Å². The number of rotatable bonds is 7. The molecule has 4 rings (SSSR count). The maximum absolute atomic E-state index is 12.0. The van der Waals surface area contributed by atoms with E-state index in [2.05, 4.69) is 51.5 Å². The van der Waals surface area contributed by atoms with Gasteiger partial charge in [0.25, 0.3) is 5.91 Å². The van der Waals surface area contributed by atoms with Crippen LogP contribution in [0.2, 0.25) is 0 Å². The Balaban J connectivity index is 1.18. The van der Waals surface area contributed by atoms with Crippen molar-refractivity contribution in [2.24, 2.45) is 5.92 Å². The number of piperazine rings is 1. The molecule has 0 atom stereocenters. The maximum Gasteiger partial charge on any atom is 0.290 e. The fourth-order valence-corrected chi connectivity index (χ4v) is 4.53. The zero-order valence-corrected chi connectivity index (χ0v) is 17.5. The Bertz CT molecular complexity index is 891. The standard InChI is InChI=1S/C23H29N5O2/c1-2-18-4-3-5-21(20(18)16-24)28-12-10-27(11-13-28)9-7-17-14-19(15-17)26-23(29)22-6-8-25-30-22/h3-6,8,17,19H,2,7,9-15H2,1H3,(H,26,29)/t17-,19+. The van der Waals surface area contributed by atoms with E-state index in [9.17, 15) is 10.1 Å². The molecule has 1 aliphatic carbocycles. The van der Waals surface area contributed by atoms with E-state index in [1.165, 1.54) is 12.6 Å². The van der Waals surface area contributed by atoms with Crippen LogP contribution in [0.5, 0.6) is 0 Å².